The number of hydrogen-bond acceptors (Lipinski definition) is 7. The first-order valence-electron chi connectivity index (χ1n) is 10.2. The van der Waals surface area contributed by atoms with E-state index in [9.17, 15) is 18.7 Å². The van der Waals surface area contributed by atoms with Gasteiger partial charge >= 0.3 is 6.09 Å². The number of anilines is 1. The lowest BCUT2D eigenvalue weighted by Crippen LogP contribution is -2.59. The minimum absolute atomic E-state index is 0.0131. The number of aliphatic hydroxyl groups excluding tert-OH is 1. The zero-order valence-electron chi connectivity index (χ0n) is 17.4. The van der Waals surface area contributed by atoms with Crippen molar-refractivity contribution in [3.63, 3.8) is 0 Å². The smallest absolute Gasteiger partial charge is 0.407 e. The summed E-state index contributed by atoms with van der Waals surface area (Å²) < 4.78 is 54.3. The maximum atomic E-state index is 15.1. The Kier molecular flexibility index (Phi) is 4.70. The molecule has 1 saturated heterocycles. The maximum absolute atomic E-state index is 15.1. The van der Waals surface area contributed by atoms with Crippen molar-refractivity contribution in [2.24, 2.45) is 0 Å². The number of amides is 1. The van der Waals surface area contributed by atoms with E-state index < -0.39 is 36.4 Å². The Morgan fingerprint density at radius 2 is 2.16 bits per heavy atom. The van der Waals surface area contributed by atoms with Crippen molar-refractivity contribution < 1.29 is 32.5 Å². The molecule has 3 aliphatic rings. The van der Waals surface area contributed by atoms with Crippen LogP contribution in [0.4, 0.5) is 23.9 Å². The standard InChI is InChI=1S/C21H21F3N4O4/c1-9-14(29)7-28(9)19-26-17(11-3-4-21(23,24)18(11)27-19)10-5-12(22)16-13(25-20(30)31-2)8-32-15(16)6-10/h5-6,9,13-14,29H,3-4,7-8H2,1-2H3,(H,25,30)/t9-,13-,14+/m0/s1. The van der Waals surface area contributed by atoms with Gasteiger partial charge in [-0.15, -0.1) is 0 Å². The molecule has 8 nitrogen and oxygen atoms in total. The first-order chi connectivity index (χ1) is 15.2. The second kappa shape index (κ2) is 7.22. The van der Waals surface area contributed by atoms with Crippen LogP contribution in [0.15, 0.2) is 12.1 Å². The van der Waals surface area contributed by atoms with E-state index in [1.54, 1.807) is 11.8 Å². The van der Waals surface area contributed by atoms with Gasteiger partial charge in [0.2, 0.25) is 5.95 Å². The highest BCUT2D eigenvalue weighted by Crippen LogP contribution is 2.46. The molecule has 2 N–H and O–H groups in total. The topological polar surface area (TPSA) is 96.8 Å². The summed E-state index contributed by atoms with van der Waals surface area (Å²) in [7, 11) is 1.20. The van der Waals surface area contributed by atoms with E-state index in [2.05, 4.69) is 20.0 Å². The Morgan fingerprint density at radius 1 is 1.38 bits per heavy atom. The summed E-state index contributed by atoms with van der Waals surface area (Å²) in [6.45, 7) is 1.99. The van der Waals surface area contributed by atoms with Crippen LogP contribution in [-0.4, -0.2) is 53.6 Å². The van der Waals surface area contributed by atoms with Crippen molar-refractivity contribution in [1.82, 2.24) is 15.3 Å². The molecule has 32 heavy (non-hydrogen) atoms. The van der Waals surface area contributed by atoms with Crippen molar-refractivity contribution in [2.45, 2.75) is 43.9 Å². The molecule has 2 aromatic rings. The number of ether oxygens (including phenoxy) is 2. The van der Waals surface area contributed by atoms with Crippen molar-refractivity contribution in [2.75, 3.05) is 25.2 Å². The van der Waals surface area contributed by atoms with Crippen LogP contribution in [0.2, 0.25) is 0 Å². The minimum atomic E-state index is -3.12. The molecule has 1 aromatic carbocycles. The Hall–Kier alpha value is -3.08. The van der Waals surface area contributed by atoms with Crippen LogP contribution in [0, 0.1) is 5.82 Å². The summed E-state index contributed by atoms with van der Waals surface area (Å²) in [6.07, 6.45) is -1.66. The zero-order valence-corrected chi connectivity index (χ0v) is 17.4. The Balaban J connectivity index is 1.59. The number of carbonyl (C=O) groups is 1. The molecular formula is C21H21F3N4O4. The molecule has 0 spiro atoms. The second-order valence-electron chi connectivity index (χ2n) is 8.23. The van der Waals surface area contributed by atoms with Gasteiger partial charge in [-0.05, 0) is 25.5 Å². The van der Waals surface area contributed by atoms with E-state index in [1.807, 2.05) is 0 Å². The summed E-state index contributed by atoms with van der Waals surface area (Å²) >= 11 is 0. The third kappa shape index (κ3) is 3.14. The van der Waals surface area contributed by atoms with Gasteiger partial charge in [-0.3, -0.25) is 0 Å². The molecule has 3 atom stereocenters. The number of methoxy groups -OCH3 is 1. The van der Waals surface area contributed by atoms with Gasteiger partial charge in [0.25, 0.3) is 5.92 Å². The van der Waals surface area contributed by atoms with Gasteiger partial charge in [0.15, 0.2) is 0 Å². The number of β-amino-alcohol motifs (C(OH)–C–C–N with tert-alkyl or cyclic N) is 1. The number of hydrogen-bond donors (Lipinski definition) is 2. The Morgan fingerprint density at radius 3 is 2.84 bits per heavy atom. The quantitative estimate of drug-likeness (QED) is 0.742. The van der Waals surface area contributed by atoms with Crippen LogP contribution < -0.4 is 15.0 Å². The molecule has 5 rings (SSSR count). The molecule has 1 aromatic heterocycles. The number of aliphatic hydroxyl groups is 1. The molecule has 1 amide bonds. The maximum Gasteiger partial charge on any atom is 0.407 e. The number of alkyl halides is 2. The monoisotopic (exact) mass is 450 g/mol. The minimum Gasteiger partial charge on any atom is -0.491 e. The second-order valence-corrected chi connectivity index (χ2v) is 8.23. The summed E-state index contributed by atoms with van der Waals surface area (Å²) in [6, 6.07) is 1.69. The van der Waals surface area contributed by atoms with Crippen LogP contribution in [0.1, 0.15) is 36.2 Å². The molecule has 2 aliphatic heterocycles. The number of nitrogens with zero attached hydrogens (tertiary/aromatic N) is 3. The first kappa shape index (κ1) is 20.8. The molecule has 11 heteroatoms. The lowest BCUT2D eigenvalue weighted by atomic mass is 9.99. The van der Waals surface area contributed by atoms with Crippen molar-refractivity contribution >= 4 is 12.0 Å². The molecule has 0 unspecified atom stereocenters. The fourth-order valence-corrected chi connectivity index (χ4v) is 4.39. The largest absolute Gasteiger partial charge is 0.491 e. The number of aromatic nitrogens is 2. The van der Waals surface area contributed by atoms with E-state index in [4.69, 9.17) is 4.74 Å². The predicted octanol–water partition coefficient (Wildman–Crippen LogP) is 2.68. The van der Waals surface area contributed by atoms with Crippen molar-refractivity contribution in [1.29, 1.82) is 0 Å². The number of benzene rings is 1. The lowest BCUT2D eigenvalue weighted by Gasteiger charge is -2.43. The molecular weight excluding hydrogens is 429 g/mol. The molecule has 0 saturated carbocycles. The van der Waals surface area contributed by atoms with Gasteiger partial charge in [0.1, 0.15) is 23.9 Å². The molecule has 1 fully saturated rings. The van der Waals surface area contributed by atoms with Crippen LogP contribution in [0.5, 0.6) is 5.75 Å². The highest BCUT2D eigenvalue weighted by Gasteiger charge is 2.45. The fraction of sp³-hybridized carbons (Fsp3) is 0.476. The highest BCUT2D eigenvalue weighted by atomic mass is 19.3. The van der Waals surface area contributed by atoms with E-state index in [1.165, 1.54) is 19.2 Å². The first-order valence-corrected chi connectivity index (χ1v) is 10.2. The normalized spacial score (nSPS) is 24.9. The fourth-order valence-electron chi connectivity index (χ4n) is 4.39. The van der Waals surface area contributed by atoms with Crippen molar-refractivity contribution in [3.8, 4) is 17.0 Å². The van der Waals surface area contributed by atoms with Gasteiger partial charge in [-0.2, -0.15) is 8.78 Å². The summed E-state index contributed by atoms with van der Waals surface area (Å²) in [4.78, 5) is 21.8. The lowest BCUT2D eigenvalue weighted by molar-refractivity contribution is -0.00603. The van der Waals surface area contributed by atoms with Crippen molar-refractivity contribution in [3.05, 3.63) is 34.8 Å². The van der Waals surface area contributed by atoms with Gasteiger partial charge in [-0.1, -0.05) is 0 Å². The molecule has 0 bridgehead atoms. The van der Waals surface area contributed by atoms with Crippen LogP contribution in [-0.2, 0) is 17.1 Å². The summed E-state index contributed by atoms with van der Waals surface area (Å²) in [5.41, 5.74) is 0.568. The molecule has 170 valence electrons. The molecule has 3 heterocycles. The number of alkyl carbamates (subject to hydrolysis) is 1. The zero-order chi connectivity index (χ0) is 22.8. The number of nitrogens with one attached hydrogen (secondary N) is 1. The molecule has 1 aliphatic carbocycles. The van der Waals surface area contributed by atoms with Gasteiger partial charge in [0.05, 0.1) is 36.6 Å². The highest BCUT2D eigenvalue weighted by molar-refractivity contribution is 5.72. The van der Waals surface area contributed by atoms with E-state index in [-0.39, 0.29) is 65.4 Å². The number of halogens is 3. The third-order valence-electron chi connectivity index (χ3n) is 6.32. The van der Waals surface area contributed by atoms with Gasteiger partial charge in [-0.25, -0.2) is 19.2 Å². The number of rotatable bonds is 3. The number of carbonyl (C=O) groups excluding carboxylic acids is 1. The Bertz CT molecular complexity index is 1110. The predicted molar refractivity (Wildman–Crippen MR) is 106 cm³/mol. The SMILES string of the molecule is COC(=O)N[C@H]1COc2cc(-c3nc(N4C[C@@H](O)[C@@H]4C)nc4c3CCC4(F)F)cc(F)c21. The van der Waals surface area contributed by atoms with Crippen LogP contribution in [0.25, 0.3) is 11.3 Å². The third-order valence-corrected chi connectivity index (χ3v) is 6.32. The van der Waals surface area contributed by atoms with E-state index in [0.29, 0.717) is 0 Å². The number of fused-ring (bicyclic) bond motifs is 2. The van der Waals surface area contributed by atoms with E-state index >= 15 is 4.39 Å². The van der Waals surface area contributed by atoms with Crippen LogP contribution >= 0.6 is 0 Å². The van der Waals surface area contributed by atoms with Gasteiger partial charge < -0.3 is 24.8 Å². The van der Waals surface area contributed by atoms with Crippen LogP contribution in [0.3, 0.4) is 0 Å². The summed E-state index contributed by atoms with van der Waals surface area (Å²) in [5.74, 6) is -3.49. The van der Waals surface area contributed by atoms with Gasteiger partial charge in [0, 0.05) is 24.1 Å². The average molecular weight is 450 g/mol. The molecule has 0 radical (unpaired) electrons. The Labute approximate surface area is 181 Å². The van der Waals surface area contributed by atoms with E-state index in [0.717, 1.165) is 0 Å². The summed E-state index contributed by atoms with van der Waals surface area (Å²) in [5, 5.41) is 12.3. The average Bonchev–Trinajstić information content (AvgIpc) is 3.31.